The van der Waals surface area contributed by atoms with E-state index in [4.69, 9.17) is 16.7 Å². The van der Waals surface area contributed by atoms with Gasteiger partial charge in [0.05, 0.1) is 16.4 Å². The van der Waals surface area contributed by atoms with Gasteiger partial charge in [0.1, 0.15) is 5.56 Å². The average molecular weight is 273 g/mol. The second kappa shape index (κ2) is 5.97. The molecule has 0 aliphatic rings. The number of aliphatic carboxylic acids is 1. The number of carbonyl (C=O) groups excluding carboxylic acids is 1. The molecule has 0 aliphatic carbocycles. The number of hydrogen-bond donors (Lipinski definition) is 2. The normalized spacial score (nSPS) is 9.83. The molecule has 1 aromatic carbocycles. The molecule has 0 saturated carbocycles. The number of amides is 1. The van der Waals surface area contributed by atoms with E-state index in [0.717, 1.165) is 6.07 Å². The maximum Gasteiger partial charge on any atom is 0.305 e. The van der Waals surface area contributed by atoms with Crippen LogP contribution in [0.2, 0.25) is 5.02 Å². The van der Waals surface area contributed by atoms with Crippen LogP contribution in [0.25, 0.3) is 0 Å². The van der Waals surface area contributed by atoms with Gasteiger partial charge in [0.15, 0.2) is 0 Å². The van der Waals surface area contributed by atoms with Crippen LogP contribution in [0.5, 0.6) is 0 Å². The molecule has 0 aromatic heterocycles. The Labute approximate surface area is 107 Å². The molecular weight excluding hydrogens is 264 g/mol. The molecule has 0 radical (unpaired) electrons. The van der Waals surface area contributed by atoms with Crippen LogP contribution in [-0.2, 0) is 4.79 Å². The van der Waals surface area contributed by atoms with Crippen molar-refractivity contribution in [3.05, 3.63) is 38.9 Å². The number of nitro groups is 1. The summed E-state index contributed by atoms with van der Waals surface area (Å²) in [6, 6.07) is 3.85. The molecule has 2 N–H and O–H groups in total. The summed E-state index contributed by atoms with van der Waals surface area (Å²) in [6.45, 7) is -0.128. The summed E-state index contributed by atoms with van der Waals surface area (Å²) < 4.78 is 0. The van der Waals surface area contributed by atoms with Crippen molar-refractivity contribution in [2.75, 3.05) is 6.54 Å². The Kier molecular flexibility index (Phi) is 4.61. The highest BCUT2D eigenvalue weighted by Gasteiger charge is 2.22. The molecular formula is C10H9ClN2O5. The summed E-state index contributed by atoms with van der Waals surface area (Å²) in [6.07, 6.45) is -0.274. The Hall–Kier alpha value is -2.15. The Morgan fingerprint density at radius 2 is 2.11 bits per heavy atom. The standard InChI is InChI=1S/C10H9ClN2O5/c11-6-2-1-3-7(13(17)18)9(6)10(16)12-5-4-8(14)15/h1-3H,4-5H2,(H,12,16)(H,14,15). The molecule has 0 aliphatic heterocycles. The zero-order valence-electron chi connectivity index (χ0n) is 9.05. The first-order valence-electron chi connectivity index (χ1n) is 4.86. The van der Waals surface area contributed by atoms with Crippen molar-refractivity contribution < 1.29 is 19.6 Å². The van der Waals surface area contributed by atoms with Gasteiger partial charge in [-0.1, -0.05) is 17.7 Å². The van der Waals surface area contributed by atoms with Gasteiger partial charge < -0.3 is 10.4 Å². The zero-order valence-corrected chi connectivity index (χ0v) is 9.81. The molecule has 0 fully saturated rings. The SMILES string of the molecule is O=C(O)CCNC(=O)c1c(Cl)cccc1[N+](=O)[O-]. The summed E-state index contributed by atoms with van der Waals surface area (Å²) in [5.41, 5.74) is -0.690. The number of halogens is 1. The quantitative estimate of drug-likeness (QED) is 0.623. The molecule has 0 spiro atoms. The fourth-order valence-electron chi connectivity index (χ4n) is 1.26. The number of nitrogens with zero attached hydrogens (tertiary/aromatic N) is 1. The zero-order chi connectivity index (χ0) is 13.7. The van der Waals surface area contributed by atoms with Gasteiger partial charge in [-0.3, -0.25) is 19.7 Å². The van der Waals surface area contributed by atoms with E-state index in [2.05, 4.69) is 5.32 Å². The first-order valence-corrected chi connectivity index (χ1v) is 5.24. The fourth-order valence-corrected chi connectivity index (χ4v) is 1.52. The second-order valence-electron chi connectivity index (χ2n) is 3.29. The number of rotatable bonds is 5. The molecule has 0 heterocycles. The van der Waals surface area contributed by atoms with E-state index in [1.165, 1.54) is 12.1 Å². The summed E-state index contributed by atoms with van der Waals surface area (Å²) in [7, 11) is 0. The fraction of sp³-hybridized carbons (Fsp3) is 0.200. The molecule has 1 amide bonds. The number of benzene rings is 1. The number of nitrogens with one attached hydrogen (secondary N) is 1. The number of carbonyl (C=O) groups is 2. The van der Waals surface area contributed by atoms with Crippen LogP contribution in [-0.4, -0.2) is 28.5 Å². The van der Waals surface area contributed by atoms with Crippen molar-refractivity contribution in [2.24, 2.45) is 0 Å². The summed E-state index contributed by atoms with van der Waals surface area (Å²) in [5, 5.41) is 21.3. The van der Waals surface area contributed by atoms with E-state index in [1.54, 1.807) is 0 Å². The minimum Gasteiger partial charge on any atom is -0.481 e. The first-order chi connectivity index (χ1) is 8.43. The molecule has 0 atom stereocenters. The minimum atomic E-state index is -1.08. The van der Waals surface area contributed by atoms with Gasteiger partial charge in [-0.05, 0) is 6.07 Å². The third-order valence-corrected chi connectivity index (χ3v) is 2.35. The molecule has 0 unspecified atom stereocenters. The van der Waals surface area contributed by atoms with Crippen molar-refractivity contribution in [3.63, 3.8) is 0 Å². The molecule has 18 heavy (non-hydrogen) atoms. The maximum absolute atomic E-state index is 11.7. The number of hydrogen-bond acceptors (Lipinski definition) is 4. The van der Waals surface area contributed by atoms with Gasteiger partial charge in [-0.15, -0.1) is 0 Å². The predicted molar refractivity (Wildman–Crippen MR) is 62.7 cm³/mol. The Morgan fingerprint density at radius 3 is 2.67 bits per heavy atom. The predicted octanol–water partition coefficient (Wildman–Crippen LogP) is 1.45. The summed E-state index contributed by atoms with van der Waals surface area (Å²) >= 11 is 5.73. The van der Waals surface area contributed by atoms with Gasteiger partial charge in [0.25, 0.3) is 11.6 Å². The number of nitro benzene ring substituents is 1. The van der Waals surface area contributed by atoms with Crippen LogP contribution in [0.3, 0.4) is 0 Å². The highest BCUT2D eigenvalue weighted by molar-refractivity contribution is 6.34. The smallest absolute Gasteiger partial charge is 0.305 e. The summed E-state index contributed by atoms with van der Waals surface area (Å²) in [5.74, 6) is -1.85. The van der Waals surface area contributed by atoms with Crippen molar-refractivity contribution in [3.8, 4) is 0 Å². The van der Waals surface area contributed by atoms with Crippen LogP contribution in [0, 0.1) is 10.1 Å². The van der Waals surface area contributed by atoms with Crippen LogP contribution >= 0.6 is 11.6 Å². The van der Waals surface area contributed by atoms with E-state index in [9.17, 15) is 19.7 Å². The van der Waals surface area contributed by atoms with Crippen LogP contribution < -0.4 is 5.32 Å². The molecule has 7 nitrogen and oxygen atoms in total. The Morgan fingerprint density at radius 1 is 1.44 bits per heavy atom. The maximum atomic E-state index is 11.7. The molecule has 0 saturated heterocycles. The van der Waals surface area contributed by atoms with E-state index in [1.807, 2.05) is 0 Å². The van der Waals surface area contributed by atoms with Crippen LogP contribution in [0.1, 0.15) is 16.8 Å². The van der Waals surface area contributed by atoms with Gasteiger partial charge in [-0.25, -0.2) is 0 Å². The van der Waals surface area contributed by atoms with Gasteiger partial charge in [-0.2, -0.15) is 0 Å². The highest BCUT2D eigenvalue weighted by Crippen LogP contribution is 2.25. The average Bonchev–Trinajstić information content (AvgIpc) is 2.27. The molecule has 1 aromatic rings. The van der Waals surface area contributed by atoms with Crippen LogP contribution in [0.15, 0.2) is 18.2 Å². The van der Waals surface area contributed by atoms with Gasteiger partial charge in [0.2, 0.25) is 0 Å². The topological polar surface area (TPSA) is 110 Å². The lowest BCUT2D eigenvalue weighted by Crippen LogP contribution is -2.27. The lowest BCUT2D eigenvalue weighted by Gasteiger charge is -2.06. The van der Waals surface area contributed by atoms with E-state index in [0.29, 0.717) is 0 Å². The number of carboxylic acids is 1. The molecule has 8 heteroatoms. The van der Waals surface area contributed by atoms with E-state index < -0.39 is 22.5 Å². The molecule has 0 bridgehead atoms. The Bertz CT molecular complexity index is 503. The lowest BCUT2D eigenvalue weighted by molar-refractivity contribution is -0.385. The van der Waals surface area contributed by atoms with Crippen LogP contribution in [0.4, 0.5) is 5.69 Å². The van der Waals surface area contributed by atoms with Crippen molar-refractivity contribution in [1.82, 2.24) is 5.32 Å². The Balaban J connectivity index is 2.91. The lowest BCUT2D eigenvalue weighted by atomic mass is 10.1. The third kappa shape index (κ3) is 3.42. The van der Waals surface area contributed by atoms with Crippen molar-refractivity contribution in [1.29, 1.82) is 0 Å². The molecule has 1 rings (SSSR count). The second-order valence-corrected chi connectivity index (χ2v) is 3.70. The van der Waals surface area contributed by atoms with Crippen molar-refractivity contribution in [2.45, 2.75) is 6.42 Å². The largest absolute Gasteiger partial charge is 0.481 e. The third-order valence-electron chi connectivity index (χ3n) is 2.04. The van der Waals surface area contributed by atoms with Gasteiger partial charge >= 0.3 is 5.97 Å². The summed E-state index contributed by atoms with van der Waals surface area (Å²) in [4.78, 5) is 32.0. The highest BCUT2D eigenvalue weighted by atomic mass is 35.5. The van der Waals surface area contributed by atoms with E-state index in [-0.39, 0.29) is 23.6 Å². The monoisotopic (exact) mass is 272 g/mol. The molecule has 96 valence electrons. The first kappa shape index (κ1) is 13.9. The van der Waals surface area contributed by atoms with E-state index >= 15 is 0 Å². The van der Waals surface area contributed by atoms with Gasteiger partial charge in [0, 0.05) is 12.6 Å². The minimum absolute atomic E-state index is 0.0583. The number of carboxylic acid groups (broad SMARTS) is 1. The van der Waals surface area contributed by atoms with Crippen molar-refractivity contribution >= 4 is 29.2 Å².